The third-order valence-electron chi connectivity index (χ3n) is 7.92. The van der Waals surface area contributed by atoms with Crippen LogP contribution in [0.5, 0.6) is 0 Å². The van der Waals surface area contributed by atoms with Crippen molar-refractivity contribution in [1.82, 2.24) is 0 Å². The third-order valence-corrected chi connectivity index (χ3v) is 8.98. The Balaban J connectivity index is 4.15. The molecule has 0 aliphatic carbocycles. The molecule has 0 aliphatic rings. The fourth-order valence-corrected chi connectivity index (χ4v) is 5.81. The highest BCUT2D eigenvalue weighted by atomic mass is 31.2. The average Bonchev–Trinajstić information content (AvgIpc) is 3.06. The van der Waals surface area contributed by atoms with E-state index in [1.807, 2.05) is 0 Å². The molecule has 0 radical (unpaired) electrons. The van der Waals surface area contributed by atoms with Crippen LogP contribution in [0.25, 0.3) is 0 Å². The first-order chi connectivity index (χ1) is 23.3. The van der Waals surface area contributed by atoms with Crippen LogP contribution in [0.1, 0.15) is 175 Å². The molecule has 9 heteroatoms. The van der Waals surface area contributed by atoms with Crippen molar-refractivity contribution in [1.29, 1.82) is 0 Å². The molecule has 0 bridgehead atoms. The van der Waals surface area contributed by atoms with Gasteiger partial charge in [-0.3, -0.25) is 18.6 Å². The van der Waals surface area contributed by atoms with E-state index in [-0.39, 0.29) is 32.0 Å². The van der Waals surface area contributed by atoms with Crippen LogP contribution in [-0.4, -0.2) is 42.8 Å². The first-order valence-electron chi connectivity index (χ1n) is 19.3. The number of esters is 2. The van der Waals surface area contributed by atoms with Gasteiger partial charge >= 0.3 is 19.8 Å². The molecule has 2 atom stereocenters. The van der Waals surface area contributed by atoms with Gasteiger partial charge < -0.3 is 14.4 Å². The van der Waals surface area contributed by atoms with E-state index in [1.165, 1.54) is 57.8 Å². The minimum absolute atomic E-state index is 0.00293. The molecule has 0 spiro atoms. The lowest BCUT2D eigenvalue weighted by molar-refractivity contribution is -0.161. The van der Waals surface area contributed by atoms with Gasteiger partial charge in [-0.25, -0.2) is 4.57 Å². The molecule has 0 rings (SSSR count). The number of ether oxygens (including phenoxy) is 2. The van der Waals surface area contributed by atoms with Crippen molar-refractivity contribution < 1.29 is 37.6 Å². The number of unbranched alkanes of at least 4 members (excludes halogenated alkanes) is 17. The lowest BCUT2D eigenvalue weighted by atomic mass is 10.1. The summed E-state index contributed by atoms with van der Waals surface area (Å²) >= 11 is 0. The van der Waals surface area contributed by atoms with E-state index in [0.717, 1.165) is 77.0 Å². The van der Waals surface area contributed by atoms with Crippen molar-refractivity contribution in [3.63, 3.8) is 0 Å². The molecular weight excluding hydrogens is 627 g/mol. The summed E-state index contributed by atoms with van der Waals surface area (Å²) in [5.74, 6) is -0.820. The van der Waals surface area contributed by atoms with Gasteiger partial charge in [0.2, 0.25) is 0 Å². The minimum Gasteiger partial charge on any atom is -0.462 e. The predicted octanol–water partition coefficient (Wildman–Crippen LogP) is 11.7. The molecule has 0 aliphatic heterocycles. The van der Waals surface area contributed by atoms with Crippen molar-refractivity contribution in [3.05, 3.63) is 36.5 Å². The van der Waals surface area contributed by atoms with Gasteiger partial charge in [0.25, 0.3) is 0 Å². The zero-order valence-corrected chi connectivity index (χ0v) is 31.8. The number of rotatable bonds is 35. The normalized spacial score (nSPS) is 13.8. The molecule has 0 heterocycles. The second-order valence-electron chi connectivity index (χ2n) is 12.6. The number of allylic oxidation sites excluding steroid dienone is 6. The molecule has 0 saturated heterocycles. The quantitative estimate of drug-likeness (QED) is 0.0301. The van der Waals surface area contributed by atoms with Crippen LogP contribution < -0.4 is 0 Å². The van der Waals surface area contributed by atoms with Crippen molar-refractivity contribution in [2.45, 2.75) is 181 Å². The number of carbonyl (C=O) groups excluding carboxylic acids is 2. The number of phosphoric ester groups is 1. The Morgan fingerprint density at radius 1 is 0.562 bits per heavy atom. The molecular formula is C39H71O8P. The average molecular weight is 699 g/mol. The van der Waals surface area contributed by atoms with Crippen LogP contribution in [0, 0.1) is 0 Å². The summed E-state index contributed by atoms with van der Waals surface area (Å²) in [6, 6.07) is 0. The molecule has 0 amide bonds. The van der Waals surface area contributed by atoms with E-state index in [2.05, 4.69) is 50.3 Å². The molecule has 280 valence electrons. The van der Waals surface area contributed by atoms with Crippen LogP contribution in [0.4, 0.5) is 0 Å². The molecule has 1 N–H and O–H groups in total. The SMILES string of the molecule is CCCC/C=C\CCCCCCCC(=O)OCC(COP(=O)(O)OCC)OC(=O)CCCCCCCCC/C=C\C/C=C\CCCCC. The predicted molar refractivity (Wildman–Crippen MR) is 198 cm³/mol. The molecule has 0 aromatic heterocycles. The van der Waals surface area contributed by atoms with Crippen molar-refractivity contribution in [2.24, 2.45) is 0 Å². The monoisotopic (exact) mass is 698 g/mol. The largest absolute Gasteiger partial charge is 0.472 e. The van der Waals surface area contributed by atoms with E-state index < -0.39 is 26.5 Å². The van der Waals surface area contributed by atoms with Gasteiger partial charge in [0.15, 0.2) is 6.10 Å². The Labute approximate surface area is 294 Å². The molecule has 0 aromatic rings. The molecule has 0 saturated carbocycles. The highest BCUT2D eigenvalue weighted by Crippen LogP contribution is 2.43. The van der Waals surface area contributed by atoms with Gasteiger partial charge in [0, 0.05) is 12.8 Å². The van der Waals surface area contributed by atoms with Crippen LogP contribution in [0.15, 0.2) is 36.5 Å². The maximum atomic E-state index is 12.5. The number of hydrogen-bond acceptors (Lipinski definition) is 7. The third kappa shape index (κ3) is 34.1. The van der Waals surface area contributed by atoms with E-state index in [9.17, 15) is 19.0 Å². The summed E-state index contributed by atoms with van der Waals surface area (Å²) in [5.41, 5.74) is 0. The van der Waals surface area contributed by atoms with Gasteiger partial charge in [-0.2, -0.15) is 0 Å². The van der Waals surface area contributed by atoms with E-state index in [1.54, 1.807) is 6.92 Å². The minimum atomic E-state index is -4.28. The summed E-state index contributed by atoms with van der Waals surface area (Å²) in [6.07, 6.45) is 37.6. The summed E-state index contributed by atoms with van der Waals surface area (Å²) in [5, 5.41) is 0. The highest BCUT2D eigenvalue weighted by molar-refractivity contribution is 7.47. The van der Waals surface area contributed by atoms with Gasteiger partial charge in [0.05, 0.1) is 13.2 Å². The second-order valence-corrected chi connectivity index (χ2v) is 14.0. The second kappa shape index (κ2) is 35.1. The summed E-state index contributed by atoms with van der Waals surface area (Å²) in [6.45, 7) is 5.37. The number of phosphoric acid groups is 1. The molecule has 2 unspecified atom stereocenters. The maximum absolute atomic E-state index is 12.5. The fourth-order valence-electron chi connectivity index (χ4n) is 5.05. The van der Waals surface area contributed by atoms with E-state index in [4.69, 9.17) is 18.5 Å². The van der Waals surface area contributed by atoms with Gasteiger partial charge in [-0.1, -0.05) is 127 Å². The molecule has 48 heavy (non-hydrogen) atoms. The maximum Gasteiger partial charge on any atom is 0.472 e. The lowest BCUT2D eigenvalue weighted by Gasteiger charge is -2.19. The highest BCUT2D eigenvalue weighted by Gasteiger charge is 2.25. The molecule has 8 nitrogen and oxygen atoms in total. The van der Waals surface area contributed by atoms with Crippen LogP contribution in [-0.2, 0) is 32.7 Å². The van der Waals surface area contributed by atoms with Gasteiger partial charge in [-0.05, 0) is 71.1 Å². The van der Waals surface area contributed by atoms with E-state index >= 15 is 0 Å². The lowest BCUT2D eigenvalue weighted by Crippen LogP contribution is -2.29. The van der Waals surface area contributed by atoms with Crippen LogP contribution in [0.2, 0.25) is 0 Å². The summed E-state index contributed by atoms with van der Waals surface area (Å²) in [4.78, 5) is 34.6. The Morgan fingerprint density at radius 3 is 1.56 bits per heavy atom. The first kappa shape index (κ1) is 46.3. The fraction of sp³-hybridized carbons (Fsp3) is 0.795. The summed E-state index contributed by atoms with van der Waals surface area (Å²) in [7, 11) is -4.28. The number of carbonyl (C=O) groups is 2. The van der Waals surface area contributed by atoms with Gasteiger partial charge in [0.1, 0.15) is 6.61 Å². The standard InChI is InChI=1S/C39H71O8P/c1-4-7-9-11-13-15-17-18-19-20-21-22-24-26-28-30-32-34-39(41)47-37(36-46-48(42,43)45-6-3)35-44-38(40)33-31-29-27-25-23-16-14-12-10-8-5-2/h12-15,18-19,37H,4-11,16-17,20-36H2,1-3H3,(H,42,43)/b14-12-,15-13-,19-18-. The number of hydrogen-bond donors (Lipinski definition) is 1. The molecule has 0 fully saturated rings. The Hall–Kier alpha value is -1.73. The van der Waals surface area contributed by atoms with Crippen molar-refractivity contribution >= 4 is 19.8 Å². The first-order valence-corrected chi connectivity index (χ1v) is 20.8. The van der Waals surface area contributed by atoms with Crippen molar-refractivity contribution in [2.75, 3.05) is 19.8 Å². The smallest absolute Gasteiger partial charge is 0.462 e. The Morgan fingerprint density at radius 2 is 1.02 bits per heavy atom. The zero-order valence-electron chi connectivity index (χ0n) is 30.9. The Kier molecular flexibility index (Phi) is 33.8. The summed E-state index contributed by atoms with van der Waals surface area (Å²) < 4.78 is 32.5. The van der Waals surface area contributed by atoms with Gasteiger partial charge in [-0.15, -0.1) is 0 Å². The zero-order chi connectivity index (χ0) is 35.4. The topological polar surface area (TPSA) is 108 Å². The Bertz CT molecular complexity index is 885. The van der Waals surface area contributed by atoms with E-state index in [0.29, 0.717) is 6.42 Å². The van der Waals surface area contributed by atoms with Crippen molar-refractivity contribution in [3.8, 4) is 0 Å². The van der Waals surface area contributed by atoms with Crippen LogP contribution >= 0.6 is 7.82 Å². The molecule has 0 aromatic carbocycles. The van der Waals surface area contributed by atoms with Crippen LogP contribution in [0.3, 0.4) is 0 Å².